The molecular weight excluding hydrogens is 242 g/mol. The van der Waals surface area contributed by atoms with E-state index in [2.05, 4.69) is 0 Å². The molecule has 0 unspecified atom stereocenters. The average Bonchev–Trinajstić information content (AvgIpc) is 2.46. The first-order valence-corrected chi connectivity index (χ1v) is 5.67. The molecule has 0 aliphatic carbocycles. The Morgan fingerprint density at radius 2 is 1.79 bits per heavy atom. The van der Waals surface area contributed by atoms with Gasteiger partial charge in [0.05, 0.1) is 29.5 Å². The van der Waals surface area contributed by atoms with E-state index in [1.165, 1.54) is 0 Å². The van der Waals surface area contributed by atoms with Gasteiger partial charge in [0.15, 0.2) is 0 Å². The second kappa shape index (κ2) is 4.14. The molecule has 92 valence electrons. The Hall–Kier alpha value is -2.80. The van der Waals surface area contributed by atoms with Crippen molar-refractivity contribution < 1.29 is 9.15 Å². The Labute approximate surface area is 108 Å². The summed E-state index contributed by atoms with van der Waals surface area (Å²) in [6, 6.07) is 11.9. The summed E-state index contributed by atoms with van der Waals surface area (Å²) in [7, 11) is 1.55. The molecule has 0 saturated carbocycles. The normalized spacial score (nSPS) is 10.5. The quantitative estimate of drug-likeness (QED) is 0.624. The van der Waals surface area contributed by atoms with Crippen LogP contribution in [0, 0.1) is 11.3 Å². The summed E-state index contributed by atoms with van der Waals surface area (Å²) in [6.45, 7) is 0. The highest BCUT2D eigenvalue weighted by Crippen LogP contribution is 2.23. The third-order valence-electron chi connectivity index (χ3n) is 3.01. The van der Waals surface area contributed by atoms with Crippen LogP contribution in [-0.4, -0.2) is 7.11 Å². The highest BCUT2D eigenvalue weighted by atomic mass is 16.5. The maximum Gasteiger partial charge on any atom is 0.200 e. The van der Waals surface area contributed by atoms with E-state index >= 15 is 0 Å². The number of methoxy groups -OCH3 is 1. The van der Waals surface area contributed by atoms with E-state index < -0.39 is 0 Å². The second-order valence-corrected chi connectivity index (χ2v) is 4.12. The molecule has 19 heavy (non-hydrogen) atoms. The second-order valence-electron chi connectivity index (χ2n) is 4.12. The van der Waals surface area contributed by atoms with Gasteiger partial charge in [-0.2, -0.15) is 5.26 Å². The van der Waals surface area contributed by atoms with Crippen LogP contribution in [0.2, 0.25) is 0 Å². The molecule has 4 nitrogen and oxygen atoms in total. The maximum absolute atomic E-state index is 12.3. The third-order valence-corrected chi connectivity index (χ3v) is 3.01. The van der Waals surface area contributed by atoms with Crippen LogP contribution >= 0.6 is 0 Å². The van der Waals surface area contributed by atoms with Crippen LogP contribution in [-0.2, 0) is 0 Å². The summed E-state index contributed by atoms with van der Waals surface area (Å²) in [5.74, 6) is 0.617. The molecule has 0 N–H and O–H groups in total. The Balaban J connectivity index is 2.45. The van der Waals surface area contributed by atoms with Crippen molar-refractivity contribution in [3.05, 3.63) is 52.2 Å². The predicted molar refractivity (Wildman–Crippen MR) is 71.3 cm³/mol. The molecule has 1 heterocycles. The van der Waals surface area contributed by atoms with Gasteiger partial charge in [-0.3, -0.25) is 4.79 Å². The van der Waals surface area contributed by atoms with E-state index in [9.17, 15) is 4.79 Å². The predicted octanol–water partition coefficient (Wildman–Crippen LogP) is 2.83. The van der Waals surface area contributed by atoms with Crippen LogP contribution in [0.5, 0.6) is 5.75 Å². The maximum atomic E-state index is 12.3. The number of hydrogen-bond donors (Lipinski definition) is 0. The minimum absolute atomic E-state index is 0.108. The zero-order valence-electron chi connectivity index (χ0n) is 10.1. The number of nitrogens with zero attached hydrogens (tertiary/aromatic N) is 1. The Morgan fingerprint density at radius 3 is 2.47 bits per heavy atom. The standard InChI is InChI=1S/C15H9NO3/c1-18-10-3-5-12-14(7-10)19-13-6-9(8-16)2-4-11(13)15(12)17/h2-7H,1H3. The molecule has 0 amide bonds. The molecule has 1 aromatic heterocycles. The first kappa shape index (κ1) is 11.3. The third kappa shape index (κ3) is 1.72. The van der Waals surface area contributed by atoms with Crippen molar-refractivity contribution in [3.8, 4) is 11.8 Å². The van der Waals surface area contributed by atoms with Gasteiger partial charge in [0.1, 0.15) is 16.9 Å². The van der Waals surface area contributed by atoms with Gasteiger partial charge in [-0.25, -0.2) is 0 Å². The number of fused-ring (bicyclic) bond motifs is 2. The summed E-state index contributed by atoms with van der Waals surface area (Å²) in [5, 5.41) is 9.84. The lowest BCUT2D eigenvalue weighted by Crippen LogP contribution is -2.02. The van der Waals surface area contributed by atoms with Crippen molar-refractivity contribution in [1.29, 1.82) is 5.26 Å². The van der Waals surface area contributed by atoms with Crippen LogP contribution in [0.25, 0.3) is 21.9 Å². The zero-order valence-corrected chi connectivity index (χ0v) is 10.1. The van der Waals surface area contributed by atoms with Gasteiger partial charge in [-0.1, -0.05) is 0 Å². The zero-order chi connectivity index (χ0) is 13.4. The fourth-order valence-electron chi connectivity index (χ4n) is 2.03. The van der Waals surface area contributed by atoms with Crippen molar-refractivity contribution in [2.75, 3.05) is 7.11 Å². The molecule has 0 radical (unpaired) electrons. The Kier molecular flexibility index (Phi) is 2.46. The number of rotatable bonds is 1. The Bertz CT molecular complexity index is 887. The minimum Gasteiger partial charge on any atom is -0.497 e. The van der Waals surface area contributed by atoms with E-state index in [0.717, 1.165) is 0 Å². The van der Waals surface area contributed by atoms with Crippen LogP contribution in [0.4, 0.5) is 0 Å². The molecule has 4 heteroatoms. The van der Waals surface area contributed by atoms with Crippen molar-refractivity contribution >= 4 is 21.9 Å². The lowest BCUT2D eigenvalue weighted by molar-refractivity contribution is 0.414. The molecule has 2 aromatic carbocycles. The molecule has 0 aliphatic rings. The molecule has 0 atom stereocenters. The highest BCUT2D eigenvalue weighted by molar-refractivity contribution is 5.90. The molecule has 0 spiro atoms. The largest absolute Gasteiger partial charge is 0.497 e. The molecule has 0 bridgehead atoms. The number of ether oxygens (including phenoxy) is 1. The van der Waals surface area contributed by atoms with E-state index in [1.54, 1.807) is 43.5 Å². The molecular formula is C15H9NO3. The Morgan fingerprint density at radius 1 is 1.11 bits per heavy atom. The topological polar surface area (TPSA) is 63.2 Å². The van der Waals surface area contributed by atoms with Crippen molar-refractivity contribution in [3.63, 3.8) is 0 Å². The average molecular weight is 251 g/mol. The number of nitriles is 1. The fraction of sp³-hybridized carbons (Fsp3) is 0.0667. The SMILES string of the molecule is COc1ccc2c(=O)c3ccc(C#N)cc3oc2c1. The molecule has 3 aromatic rings. The lowest BCUT2D eigenvalue weighted by atomic mass is 10.1. The smallest absolute Gasteiger partial charge is 0.200 e. The first-order valence-electron chi connectivity index (χ1n) is 5.67. The van der Waals surface area contributed by atoms with Gasteiger partial charge >= 0.3 is 0 Å². The summed E-state index contributed by atoms with van der Waals surface area (Å²) < 4.78 is 10.8. The van der Waals surface area contributed by atoms with Crippen LogP contribution < -0.4 is 10.2 Å². The van der Waals surface area contributed by atoms with Gasteiger partial charge < -0.3 is 9.15 Å². The van der Waals surface area contributed by atoms with Crippen LogP contribution in [0.1, 0.15) is 5.56 Å². The summed E-state index contributed by atoms with van der Waals surface area (Å²) in [4.78, 5) is 12.3. The van der Waals surface area contributed by atoms with Crippen molar-refractivity contribution in [1.82, 2.24) is 0 Å². The van der Waals surface area contributed by atoms with Gasteiger partial charge in [0, 0.05) is 6.07 Å². The fourth-order valence-corrected chi connectivity index (χ4v) is 2.03. The lowest BCUT2D eigenvalue weighted by Gasteiger charge is -2.03. The van der Waals surface area contributed by atoms with Gasteiger partial charge in [0.25, 0.3) is 0 Å². The summed E-state index contributed by atoms with van der Waals surface area (Å²) in [5.41, 5.74) is 1.21. The first-order chi connectivity index (χ1) is 9.22. The molecule has 0 saturated heterocycles. The minimum atomic E-state index is -0.108. The van der Waals surface area contributed by atoms with Gasteiger partial charge in [0.2, 0.25) is 5.43 Å². The number of benzene rings is 2. The molecule has 3 rings (SSSR count). The van der Waals surface area contributed by atoms with Crippen LogP contribution in [0.15, 0.2) is 45.6 Å². The van der Waals surface area contributed by atoms with Gasteiger partial charge in [-0.05, 0) is 30.3 Å². The van der Waals surface area contributed by atoms with Crippen molar-refractivity contribution in [2.45, 2.75) is 0 Å². The molecule has 0 fully saturated rings. The highest BCUT2D eigenvalue weighted by Gasteiger charge is 2.09. The van der Waals surface area contributed by atoms with Crippen molar-refractivity contribution in [2.24, 2.45) is 0 Å². The van der Waals surface area contributed by atoms with Gasteiger partial charge in [-0.15, -0.1) is 0 Å². The number of hydrogen-bond acceptors (Lipinski definition) is 4. The molecule has 0 aliphatic heterocycles. The summed E-state index contributed by atoms with van der Waals surface area (Å²) in [6.07, 6.45) is 0. The van der Waals surface area contributed by atoms with E-state index in [1.807, 2.05) is 6.07 Å². The summed E-state index contributed by atoms with van der Waals surface area (Å²) >= 11 is 0. The van der Waals surface area contributed by atoms with E-state index in [-0.39, 0.29) is 5.43 Å². The monoisotopic (exact) mass is 251 g/mol. The van der Waals surface area contributed by atoms with E-state index in [0.29, 0.717) is 33.3 Å². The van der Waals surface area contributed by atoms with Crippen LogP contribution in [0.3, 0.4) is 0 Å². The van der Waals surface area contributed by atoms with E-state index in [4.69, 9.17) is 14.4 Å².